The molecule has 0 aromatic rings. The normalized spacial score (nSPS) is 36.5. The first kappa shape index (κ1) is 26.2. The molecule has 0 radical (unpaired) electrons. The molecular weight excluding hydrogens is 448 g/mol. The van der Waals surface area contributed by atoms with Crippen LogP contribution >= 0.6 is 0 Å². The van der Waals surface area contributed by atoms with E-state index in [0.29, 0.717) is 24.2 Å². The summed E-state index contributed by atoms with van der Waals surface area (Å²) >= 11 is 0. The van der Waals surface area contributed by atoms with Crippen molar-refractivity contribution in [3.8, 4) is 0 Å². The summed E-state index contributed by atoms with van der Waals surface area (Å²) in [6.07, 6.45) is 7.34. The summed E-state index contributed by atoms with van der Waals surface area (Å²) in [5.41, 5.74) is -3.10. The molecule has 7 nitrogen and oxygen atoms in total. The first-order chi connectivity index (χ1) is 16.1. The topological polar surface area (TPSA) is 96.0 Å². The molecular formula is C28H42O7. The quantitative estimate of drug-likeness (QED) is 0.264. The van der Waals surface area contributed by atoms with Crippen molar-refractivity contribution < 1.29 is 33.4 Å². The Morgan fingerprint density at radius 3 is 2.00 bits per heavy atom. The van der Waals surface area contributed by atoms with Gasteiger partial charge in [0.15, 0.2) is 0 Å². The molecule has 5 aliphatic rings. The molecule has 0 amide bonds. The van der Waals surface area contributed by atoms with Crippen LogP contribution in [-0.2, 0) is 33.4 Å². The van der Waals surface area contributed by atoms with E-state index >= 15 is 0 Å². The van der Waals surface area contributed by atoms with Crippen LogP contribution < -0.4 is 0 Å². The summed E-state index contributed by atoms with van der Waals surface area (Å²) in [5.74, 6) is -0.706. The maximum Gasteiger partial charge on any atom is 0.320 e. The van der Waals surface area contributed by atoms with Crippen molar-refractivity contribution in [3.05, 3.63) is 0 Å². The monoisotopic (exact) mass is 490 g/mol. The van der Waals surface area contributed by atoms with Crippen molar-refractivity contribution in [1.29, 1.82) is 0 Å². The lowest BCUT2D eigenvalue weighted by atomic mass is 9.54. The lowest BCUT2D eigenvalue weighted by Crippen LogP contribution is -2.54. The number of hydrogen-bond acceptors (Lipinski definition) is 7. The fourth-order valence-electron chi connectivity index (χ4n) is 7.37. The van der Waals surface area contributed by atoms with Gasteiger partial charge < -0.3 is 14.2 Å². The standard InChI is InChI=1S/C28H42O7/c1-7-26(5,24(32)35-28-11-17-8-18(12-28)10-19(9-17)13-28)14-20(22(30)34-25(2,3)4)15-27(6)16-21(29)33-23(27)31/h17-20H,7-16H2,1-6H3. The lowest BCUT2D eigenvalue weighted by molar-refractivity contribution is -0.198. The molecule has 4 saturated carbocycles. The molecule has 5 fully saturated rings. The predicted molar refractivity (Wildman–Crippen MR) is 128 cm³/mol. The van der Waals surface area contributed by atoms with Crippen LogP contribution in [0.4, 0.5) is 0 Å². The van der Waals surface area contributed by atoms with Gasteiger partial charge >= 0.3 is 23.9 Å². The largest absolute Gasteiger partial charge is 0.460 e. The fraction of sp³-hybridized carbons (Fsp3) is 0.857. The van der Waals surface area contributed by atoms with Crippen LogP contribution in [0.5, 0.6) is 0 Å². The maximum absolute atomic E-state index is 13.7. The minimum atomic E-state index is -1.11. The van der Waals surface area contributed by atoms with Gasteiger partial charge in [0.05, 0.1) is 23.2 Å². The van der Waals surface area contributed by atoms with Gasteiger partial charge in [0, 0.05) is 0 Å². The first-order valence-electron chi connectivity index (χ1n) is 13.4. The zero-order chi connectivity index (χ0) is 25.8. The van der Waals surface area contributed by atoms with Gasteiger partial charge in [-0.1, -0.05) is 6.92 Å². The zero-order valence-electron chi connectivity index (χ0n) is 22.2. The van der Waals surface area contributed by atoms with Crippen LogP contribution in [-0.4, -0.2) is 35.1 Å². The maximum atomic E-state index is 13.7. The molecule has 1 saturated heterocycles. The van der Waals surface area contributed by atoms with Crippen molar-refractivity contribution in [2.75, 3.05) is 0 Å². The van der Waals surface area contributed by atoms with Gasteiger partial charge in [-0.2, -0.15) is 0 Å². The molecule has 1 heterocycles. The molecule has 3 unspecified atom stereocenters. The number of rotatable bonds is 8. The van der Waals surface area contributed by atoms with Crippen molar-refractivity contribution >= 4 is 23.9 Å². The van der Waals surface area contributed by atoms with Crippen molar-refractivity contribution in [1.82, 2.24) is 0 Å². The first-order valence-corrected chi connectivity index (χ1v) is 13.4. The molecule has 196 valence electrons. The minimum absolute atomic E-state index is 0.0777. The number of cyclic esters (lactones) is 2. The predicted octanol–water partition coefficient (Wildman–Crippen LogP) is 5.13. The van der Waals surface area contributed by atoms with E-state index in [1.54, 1.807) is 27.7 Å². The van der Waals surface area contributed by atoms with Gasteiger partial charge in [0.1, 0.15) is 11.2 Å². The summed E-state index contributed by atoms with van der Waals surface area (Å²) in [7, 11) is 0. The lowest BCUT2D eigenvalue weighted by Gasteiger charge is -2.56. The van der Waals surface area contributed by atoms with E-state index in [9.17, 15) is 19.2 Å². The van der Waals surface area contributed by atoms with Crippen LogP contribution in [0.1, 0.15) is 106 Å². The Kier molecular flexibility index (Phi) is 6.63. The van der Waals surface area contributed by atoms with Gasteiger partial charge in [-0.25, -0.2) is 0 Å². The molecule has 4 aliphatic carbocycles. The highest BCUT2D eigenvalue weighted by atomic mass is 16.6. The van der Waals surface area contributed by atoms with E-state index < -0.39 is 40.3 Å². The molecule has 3 atom stereocenters. The Hall–Kier alpha value is -1.92. The number of hydrogen-bond donors (Lipinski definition) is 0. The molecule has 0 N–H and O–H groups in total. The third-order valence-corrected chi connectivity index (χ3v) is 8.93. The number of ether oxygens (including phenoxy) is 3. The summed E-state index contributed by atoms with van der Waals surface area (Å²) in [5, 5.41) is 0. The highest BCUT2D eigenvalue weighted by Gasteiger charge is 2.55. The molecule has 0 spiro atoms. The van der Waals surface area contributed by atoms with Gasteiger partial charge in [0.25, 0.3) is 0 Å². The Bertz CT molecular complexity index is 864. The number of esters is 4. The van der Waals surface area contributed by atoms with Gasteiger partial charge in [0.2, 0.25) is 0 Å². The second-order valence-electron chi connectivity index (χ2n) is 13.5. The SMILES string of the molecule is CCC(C)(CC(CC1(C)CC(=O)OC1=O)C(=O)OC(C)(C)C)C(=O)OC12CC3CC(CC(C3)C1)C2. The molecule has 0 aromatic heterocycles. The van der Waals surface area contributed by atoms with Gasteiger partial charge in [-0.05, 0) is 110 Å². The Balaban J connectivity index is 1.53. The summed E-state index contributed by atoms with van der Waals surface area (Å²) in [6.45, 7) is 10.8. The van der Waals surface area contributed by atoms with Crippen molar-refractivity contribution in [2.45, 2.75) is 117 Å². The third-order valence-electron chi connectivity index (χ3n) is 8.93. The van der Waals surface area contributed by atoms with Crippen molar-refractivity contribution in [2.24, 2.45) is 34.5 Å². The van der Waals surface area contributed by atoms with Crippen LogP contribution in [0, 0.1) is 34.5 Å². The van der Waals surface area contributed by atoms with E-state index in [1.165, 1.54) is 19.3 Å². The number of carbonyl (C=O) groups excluding carboxylic acids is 4. The van der Waals surface area contributed by atoms with E-state index in [1.807, 2.05) is 13.8 Å². The second-order valence-corrected chi connectivity index (χ2v) is 13.5. The minimum Gasteiger partial charge on any atom is -0.460 e. The van der Waals surface area contributed by atoms with Crippen LogP contribution in [0.3, 0.4) is 0 Å². The summed E-state index contributed by atoms with van der Waals surface area (Å²) in [4.78, 5) is 51.3. The molecule has 35 heavy (non-hydrogen) atoms. The average molecular weight is 491 g/mol. The Labute approximate surface area is 209 Å². The second kappa shape index (κ2) is 8.88. The number of carbonyl (C=O) groups is 4. The molecule has 5 rings (SSSR count). The zero-order valence-corrected chi connectivity index (χ0v) is 22.2. The van der Waals surface area contributed by atoms with Crippen LogP contribution in [0.15, 0.2) is 0 Å². The van der Waals surface area contributed by atoms with Crippen LogP contribution in [0.25, 0.3) is 0 Å². The van der Waals surface area contributed by atoms with Gasteiger partial charge in [-0.3, -0.25) is 19.2 Å². The highest BCUT2D eigenvalue weighted by molar-refractivity contribution is 5.97. The average Bonchev–Trinajstić information content (AvgIpc) is 2.95. The fourth-order valence-corrected chi connectivity index (χ4v) is 7.37. The molecule has 4 bridgehead atoms. The van der Waals surface area contributed by atoms with E-state index in [4.69, 9.17) is 14.2 Å². The van der Waals surface area contributed by atoms with E-state index in [-0.39, 0.29) is 30.8 Å². The van der Waals surface area contributed by atoms with Crippen LogP contribution in [0.2, 0.25) is 0 Å². The summed E-state index contributed by atoms with van der Waals surface area (Å²) < 4.78 is 16.9. The Morgan fingerprint density at radius 1 is 1.03 bits per heavy atom. The third kappa shape index (κ3) is 5.43. The van der Waals surface area contributed by atoms with Crippen molar-refractivity contribution in [3.63, 3.8) is 0 Å². The smallest absolute Gasteiger partial charge is 0.320 e. The molecule has 0 aromatic carbocycles. The summed E-state index contributed by atoms with van der Waals surface area (Å²) in [6, 6.07) is 0. The van der Waals surface area contributed by atoms with Gasteiger partial charge in [-0.15, -0.1) is 0 Å². The van der Waals surface area contributed by atoms with E-state index in [0.717, 1.165) is 19.3 Å². The molecule has 7 heteroatoms. The highest BCUT2D eigenvalue weighted by Crippen LogP contribution is 2.57. The van der Waals surface area contributed by atoms with E-state index in [2.05, 4.69) is 0 Å². The Morgan fingerprint density at radius 2 is 1.57 bits per heavy atom. The molecule has 1 aliphatic heterocycles.